The Bertz CT molecular complexity index is 853. The summed E-state index contributed by atoms with van der Waals surface area (Å²) < 4.78 is 0. The van der Waals surface area contributed by atoms with Crippen LogP contribution < -0.4 is 4.90 Å². The minimum Gasteiger partial charge on any atom is -0.308 e. The zero-order valence-corrected chi connectivity index (χ0v) is 14.4. The van der Waals surface area contributed by atoms with Gasteiger partial charge in [0.05, 0.1) is 5.41 Å². The minimum absolute atomic E-state index is 0.156. The second-order valence-corrected chi connectivity index (χ2v) is 7.89. The van der Waals surface area contributed by atoms with Crippen molar-refractivity contribution in [2.24, 2.45) is 5.41 Å². The Morgan fingerprint density at radius 3 is 2.72 bits per heavy atom. The summed E-state index contributed by atoms with van der Waals surface area (Å²) in [6, 6.07) is 19.3. The number of allylic oxidation sites excluding steroid dienone is 1. The van der Waals surface area contributed by atoms with Crippen molar-refractivity contribution in [2.45, 2.75) is 44.6 Å². The van der Waals surface area contributed by atoms with E-state index in [-0.39, 0.29) is 5.41 Å². The van der Waals surface area contributed by atoms with Gasteiger partial charge in [-0.1, -0.05) is 60.2 Å². The molecule has 2 heteroatoms. The molecule has 2 fully saturated rings. The highest BCUT2D eigenvalue weighted by Crippen LogP contribution is 2.53. The third kappa shape index (κ3) is 2.35. The van der Waals surface area contributed by atoms with Gasteiger partial charge < -0.3 is 4.90 Å². The molecule has 0 radical (unpaired) electrons. The molecular weight excluding hydrogens is 306 g/mol. The van der Waals surface area contributed by atoms with Crippen molar-refractivity contribution in [1.82, 2.24) is 0 Å². The van der Waals surface area contributed by atoms with Gasteiger partial charge >= 0.3 is 0 Å². The summed E-state index contributed by atoms with van der Waals surface area (Å²) in [7, 11) is 0. The largest absolute Gasteiger partial charge is 0.308 e. The van der Waals surface area contributed by atoms with E-state index in [4.69, 9.17) is 0 Å². The third-order valence-electron chi connectivity index (χ3n) is 6.26. The van der Waals surface area contributed by atoms with Gasteiger partial charge in [0.25, 0.3) is 0 Å². The number of hydrogen-bond donors (Lipinski definition) is 0. The van der Waals surface area contributed by atoms with Crippen LogP contribution >= 0.6 is 0 Å². The van der Waals surface area contributed by atoms with Crippen LogP contribution in [-0.2, 0) is 11.2 Å². The van der Waals surface area contributed by atoms with E-state index in [2.05, 4.69) is 65.6 Å². The van der Waals surface area contributed by atoms with Crippen molar-refractivity contribution in [3.63, 3.8) is 0 Å². The first-order valence-electron chi connectivity index (χ1n) is 9.41. The van der Waals surface area contributed by atoms with Crippen molar-refractivity contribution in [3.8, 4) is 0 Å². The second-order valence-electron chi connectivity index (χ2n) is 7.89. The Hall–Kier alpha value is -2.35. The van der Waals surface area contributed by atoms with Crippen LogP contribution in [-0.4, -0.2) is 11.9 Å². The van der Waals surface area contributed by atoms with Crippen LogP contribution in [0.2, 0.25) is 0 Å². The Kier molecular flexibility index (Phi) is 3.34. The van der Waals surface area contributed by atoms with E-state index in [1.54, 1.807) is 0 Å². The molecule has 1 saturated heterocycles. The molecule has 1 saturated carbocycles. The van der Waals surface area contributed by atoms with Crippen LogP contribution in [0.3, 0.4) is 0 Å². The first kappa shape index (κ1) is 14.9. The van der Waals surface area contributed by atoms with Crippen LogP contribution in [0.1, 0.15) is 43.2 Å². The highest BCUT2D eigenvalue weighted by atomic mass is 16.2. The Labute approximate surface area is 149 Å². The second kappa shape index (κ2) is 5.59. The standard InChI is InChI=1S/C23H23NO/c25-22-23(16-20-14-19-10-4-5-11-21(19)24(20)22)12-6-9-18(15-23)13-17-7-2-1-3-8-17/h1-5,7-8,10-11,13,20H,6,9,12,14-16H2/b18-13-/t20-,23-/m0/s1. The Morgan fingerprint density at radius 1 is 1.04 bits per heavy atom. The molecule has 2 atom stereocenters. The van der Waals surface area contributed by atoms with Gasteiger partial charge in [0.2, 0.25) is 5.91 Å². The number of benzene rings is 2. The van der Waals surface area contributed by atoms with Crippen LogP contribution in [0, 0.1) is 5.41 Å². The van der Waals surface area contributed by atoms with Crippen LogP contribution in [0.15, 0.2) is 60.2 Å². The van der Waals surface area contributed by atoms with E-state index in [1.807, 2.05) is 0 Å². The molecule has 2 aromatic carbocycles. The van der Waals surface area contributed by atoms with Crippen molar-refractivity contribution in [1.29, 1.82) is 0 Å². The molecule has 3 aliphatic rings. The average Bonchev–Trinajstić information content (AvgIpc) is 3.10. The predicted octanol–water partition coefficient (Wildman–Crippen LogP) is 4.99. The van der Waals surface area contributed by atoms with Gasteiger partial charge in [-0.15, -0.1) is 0 Å². The average molecular weight is 329 g/mol. The quantitative estimate of drug-likeness (QED) is 0.721. The van der Waals surface area contributed by atoms with Gasteiger partial charge in [-0.3, -0.25) is 4.79 Å². The molecule has 1 aliphatic carbocycles. The summed E-state index contributed by atoms with van der Waals surface area (Å²) in [4.78, 5) is 15.5. The molecular formula is C23H23NO. The first-order valence-corrected chi connectivity index (χ1v) is 9.41. The lowest BCUT2D eigenvalue weighted by Gasteiger charge is -2.33. The number of para-hydroxylation sites is 1. The van der Waals surface area contributed by atoms with Gasteiger partial charge in [-0.2, -0.15) is 0 Å². The lowest BCUT2D eigenvalue weighted by atomic mass is 9.69. The Morgan fingerprint density at radius 2 is 1.84 bits per heavy atom. The third-order valence-corrected chi connectivity index (χ3v) is 6.26. The molecule has 2 nitrogen and oxygen atoms in total. The van der Waals surface area contributed by atoms with E-state index in [9.17, 15) is 4.79 Å². The van der Waals surface area contributed by atoms with E-state index in [0.29, 0.717) is 11.9 Å². The lowest BCUT2D eigenvalue weighted by molar-refractivity contribution is -0.126. The summed E-state index contributed by atoms with van der Waals surface area (Å²) >= 11 is 0. The van der Waals surface area contributed by atoms with Crippen molar-refractivity contribution >= 4 is 17.7 Å². The molecule has 2 aromatic rings. The van der Waals surface area contributed by atoms with Crippen LogP contribution in [0.4, 0.5) is 5.69 Å². The number of hydrogen-bond acceptors (Lipinski definition) is 1. The zero-order chi connectivity index (χ0) is 16.9. The molecule has 5 rings (SSSR count). The number of amides is 1. The molecule has 25 heavy (non-hydrogen) atoms. The highest BCUT2D eigenvalue weighted by Gasteiger charge is 2.54. The van der Waals surface area contributed by atoms with E-state index < -0.39 is 0 Å². The monoisotopic (exact) mass is 329 g/mol. The SMILES string of the molecule is O=C1N2c3ccccc3C[C@H]2C[C@@]12CCC/C(=C/c1ccccc1)C2. The summed E-state index contributed by atoms with van der Waals surface area (Å²) in [5.74, 6) is 0.376. The van der Waals surface area contributed by atoms with Crippen LogP contribution in [0.5, 0.6) is 0 Å². The van der Waals surface area contributed by atoms with E-state index in [0.717, 1.165) is 44.2 Å². The molecule has 1 amide bonds. The summed E-state index contributed by atoms with van der Waals surface area (Å²) in [6.45, 7) is 0. The smallest absolute Gasteiger partial charge is 0.233 e. The molecule has 2 aliphatic heterocycles. The molecule has 0 bridgehead atoms. The fourth-order valence-electron chi connectivity index (χ4n) is 5.22. The summed E-state index contributed by atoms with van der Waals surface area (Å²) in [5.41, 5.74) is 5.04. The van der Waals surface area contributed by atoms with Gasteiger partial charge in [-0.05, 0) is 55.7 Å². The van der Waals surface area contributed by atoms with Gasteiger partial charge in [0.15, 0.2) is 0 Å². The van der Waals surface area contributed by atoms with Gasteiger partial charge in [0.1, 0.15) is 0 Å². The van der Waals surface area contributed by atoms with E-state index in [1.165, 1.54) is 16.7 Å². The van der Waals surface area contributed by atoms with Gasteiger partial charge in [0, 0.05) is 11.7 Å². The zero-order valence-electron chi connectivity index (χ0n) is 14.4. The van der Waals surface area contributed by atoms with E-state index >= 15 is 0 Å². The number of nitrogens with zero attached hydrogens (tertiary/aromatic N) is 1. The maximum Gasteiger partial charge on any atom is 0.233 e. The van der Waals surface area contributed by atoms with Crippen molar-refractivity contribution < 1.29 is 4.79 Å². The fourth-order valence-corrected chi connectivity index (χ4v) is 5.22. The van der Waals surface area contributed by atoms with Gasteiger partial charge in [-0.25, -0.2) is 0 Å². The Balaban J connectivity index is 1.45. The predicted molar refractivity (Wildman–Crippen MR) is 101 cm³/mol. The molecule has 2 heterocycles. The minimum atomic E-state index is -0.156. The number of fused-ring (bicyclic) bond motifs is 3. The topological polar surface area (TPSA) is 20.3 Å². The number of carbonyl (C=O) groups excluding carboxylic acids is 1. The molecule has 126 valence electrons. The maximum atomic E-state index is 13.4. The lowest BCUT2D eigenvalue weighted by Crippen LogP contribution is -2.37. The van der Waals surface area contributed by atoms with Crippen molar-refractivity contribution in [3.05, 3.63) is 71.3 Å². The fraction of sp³-hybridized carbons (Fsp3) is 0.348. The number of anilines is 1. The highest BCUT2D eigenvalue weighted by molar-refractivity contribution is 6.03. The maximum absolute atomic E-state index is 13.4. The molecule has 1 spiro atoms. The molecule has 0 unspecified atom stereocenters. The molecule has 0 aromatic heterocycles. The molecule has 0 N–H and O–H groups in total. The number of carbonyl (C=O) groups is 1. The van der Waals surface area contributed by atoms with Crippen LogP contribution in [0.25, 0.3) is 6.08 Å². The normalized spacial score (nSPS) is 29.3. The van der Waals surface area contributed by atoms with Crippen molar-refractivity contribution in [2.75, 3.05) is 4.90 Å². The number of rotatable bonds is 1. The first-order chi connectivity index (χ1) is 12.3. The summed E-state index contributed by atoms with van der Waals surface area (Å²) in [6.07, 6.45) is 8.61. The summed E-state index contributed by atoms with van der Waals surface area (Å²) in [5, 5.41) is 0.